The Hall–Kier alpha value is -4.17. The molecule has 0 saturated carbocycles. The number of benzene rings is 2. The summed E-state index contributed by atoms with van der Waals surface area (Å²) in [4.78, 5) is 39.2. The maximum atomic E-state index is 13.4. The molecule has 1 aliphatic rings. The van der Waals surface area contributed by atoms with Crippen LogP contribution in [0.3, 0.4) is 0 Å². The molecule has 1 atom stereocenters. The van der Waals surface area contributed by atoms with Crippen LogP contribution in [0.2, 0.25) is 0 Å². The summed E-state index contributed by atoms with van der Waals surface area (Å²) in [6.45, 7) is 7.57. The van der Waals surface area contributed by atoms with Crippen LogP contribution in [0.1, 0.15) is 37.8 Å². The number of hydrogen-bond acceptors (Lipinski definition) is 7. The second-order valence-electron chi connectivity index (χ2n) is 8.75. The van der Waals surface area contributed by atoms with Gasteiger partial charge >= 0.3 is 11.9 Å². The van der Waals surface area contributed by atoms with Crippen LogP contribution in [0.25, 0.3) is 22.3 Å². The summed E-state index contributed by atoms with van der Waals surface area (Å²) in [6.07, 6.45) is 0. The third kappa shape index (κ3) is 4.93. The molecule has 0 aliphatic carbocycles. The number of carbonyl (C=O) groups excluding carboxylic acids is 1. The fourth-order valence-electron chi connectivity index (χ4n) is 4.70. The van der Waals surface area contributed by atoms with Gasteiger partial charge in [0.15, 0.2) is 5.43 Å². The van der Waals surface area contributed by atoms with Crippen molar-refractivity contribution in [2.24, 2.45) is 0 Å². The number of rotatable bonds is 8. The fourth-order valence-corrected chi connectivity index (χ4v) is 4.70. The molecule has 8 nitrogen and oxygen atoms in total. The molecule has 0 saturated heterocycles. The number of carboxylic acids is 1. The smallest absolute Gasteiger partial charge is 0.336 e. The van der Waals surface area contributed by atoms with Gasteiger partial charge in [0.1, 0.15) is 18.0 Å². The molecule has 37 heavy (non-hydrogen) atoms. The number of fused-ring (bicyclic) bond motifs is 1. The van der Waals surface area contributed by atoms with Crippen molar-refractivity contribution in [3.05, 3.63) is 92.4 Å². The molecular formula is C29H29NO7. The first-order valence-electron chi connectivity index (χ1n) is 12.0. The Bertz CT molecular complexity index is 1480. The Balaban J connectivity index is 1.96. The number of dihydropyridines is 1. The second-order valence-corrected chi connectivity index (χ2v) is 8.75. The van der Waals surface area contributed by atoms with Gasteiger partial charge < -0.3 is 24.3 Å². The average Bonchev–Trinajstić information content (AvgIpc) is 2.88. The minimum absolute atomic E-state index is 0.0171. The first-order valence-corrected chi connectivity index (χ1v) is 12.0. The number of para-hydroxylation sites is 1. The Labute approximate surface area is 214 Å². The van der Waals surface area contributed by atoms with Gasteiger partial charge in [0.05, 0.1) is 29.1 Å². The van der Waals surface area contributed by atoms with Crippen LogP contribution in [0.15, 0.2) is 80.3 Å². The summed E-state index contributed by atoms with van der Waals surface area (Å²) in [5.41, 5.74) is 2.49. The van der Waals surface area contributed by atoms with E-state index in [1.165, 1.54) is 0 Å². The number of ether oxygens (including phenoxy) is 2. The van der Waals surface area contributed by atoms with Crippen molar-refractivity contribution < 1.29 is 28.6 Å². The lowest BCUT2D eigenvalue weighted by molar-refractivity contribution is -0.140. The standard InChI is InChI=1S/C29H29NO7/c1-5-35-14-15-36-29(34)23-18(4)30-17(3)22(28(32)33)24(23)20-12-9-13-21-25(31)16(2)26(37-27(20)21)19-10-7-6-8-11-19/h6-13,24,30H,5,14-15H2,1-4H3,(H,32,33). The van der Waals surface area contributed by atoms with Crippen molar-refractivity contribution in [3.8, 4) is 11.3 Å². The zero-order valence-electron chi connectivity index (χ0n) is 21.2. The highest BCUT2D eigenvalue weighted by Crippen LogP contribution is 2.42. The lowest BCUT2D eigenvalue weighted by Crippen LogP contribution is -2.32. The van der Waals surface area contributed by atoms with Crippen molar-refractivity contribution in [3.63, 3.8) is 0 Å². The van der Waals surface area contributed by atoms with Crippen molar-refractivity contribution in [1.29, 1.82) is 0 Å². The molecule has 8 heteroatoms. The number of allylic oxidation sites excluding steroid dienone is 2. The molecule has 1 aliphatic heterocycles. The van der Waals surface area contributed by atoms with Gasteiger partial charge in [0.2, 0.25) is 0 Å². The Morgan fingerprint density at radius 1 is 0.973 bits per heavy atom. The lowest BCUT2D eigenvalue weighted by atomic mass is 9.79. The first kappa shape index (κ1) is 25.9. The highest BCUT2D eigenvalue weighted by Gasteiger charge is 2.39. The van der Waals surface area contributed by atoms with Crippen molar-refractivity contribution in [2.75, 3.05) is 19.8 Å². The van der Waals surface area contributed by atoms with Gasteiger partial charge in [0, 0.05) is 34.7 Å². The van der Waals surface area contributed by atoms with Crippen LogP contribution in [-0.4, -0.2) is 36.9 Å². The SMILES string of the molecule is CCOCCOC(=O)C1=C(C)NC(C)=C(C(=O)O)C1c1cccc2c(=O)c(C)c(-c3ccccc3)oc12. The number of carbonyl (C=O) groups is 2. The van der Waals surface area contributed by atoms with Crippen LogP contribution < -0.4 is 10.7 Å². The second kappa shape index (κ2) is 10.8. The maximum absolute atomic E-state index is 13.4. The monoisotopic (exact) mass is 503 g/mol. The van der Waals surface area contributed by atoms with Crippen LogP contribution in [0.4, 0.5) is 0 Å². The van der Waals surface area contributed by atoms with Crippen molar-refractivity contribution >= 4 is 22.9 Å². The summed E-state index contributed by atoms with van der Waals surface area (Å²) in [7, 11) is 0. The zero-order valence-corrected chi connectivity index (χ0v) is 21.2. The molecule has 0 spiro atoms. The molecule has 2 aromatic carbocycles. The van der Waals surface area contributed by atoms with Gasteiger partial charge in [-0.15, -0.1) is 0 Å². The molecule has 4 rings (SSSR count). The zero-order chi connectivity index (χ0) is 26.7. The number of aliphatic carboxylic acids is 1. The lowest BCUT2D eigenvalue weighted by Gasteiger charge is -2.30. The summed E-state index contributed by atoms with van der Waals surface area (Å²) < 4.78 is 17.1. The molecule has 0 radical (unpaired) electrons. The first-order chi connectivity index (χ1) is 17.8. The largest absolute Gasteiger partial charge is 0.478 e. The molecule has 0 amide bonds. The van der Waals surface area contributed by atoms with Crippen LogP contribution >= 0.6 is 0 Å². The fraction of sp³-hybridized carbons (Fsp3) is 0.276. The van der Waals surface area contributed by atoms with Crippen LogP contribution in [-0.2, 0) is 19.1 Å². The van der Waals surface area contributed by atoms with Gasteiger partial charge in [-0.1, -0.05) is 42.5 Å². The van der Waals surface area contributed by atoms with E-state index >= 15 is 0 Å². The predicted molar refractivity (Wildman–Crippen MR) is 139 cm³/mol. The molecule has 1 aromatic heterocycles. The quantitative estimate of drug-likeness (QED) is 0.337. The minimum Gasteiger partial charge on any atom is -0.478 e. The number of nitrogens with one attached hydrogen (secondary N) is 1. The van der Waals surface area contributed by atoms with Gasteiger partial charge in [-0.2, -0.15) is 0 Å². The predicted octanol–water partition coefficient (Wildman–Crippen LogP) is 4.67. The van der Waals surface area contributed by atoms with E-state index in [9.17, 15) is 19.5 Å². The van der Waals surface area contributed by atoms with Crippen LogP contribution in [0, 0.1) is 6.92 Å². The van der Waals surface area contributed by atoms with E-state index in [0.29, 0.717) is 45.8 Å². The molecule has 192 valence electrons. The van der Waals surface area contributed by atoms with Gasteiger partial charge in [0.25, 0.3) is 0 Å². The maximum Gasteiger partial charge on any atom is 0.336 e. The Kier molecular flexibility index (Phi) is 7.59. The molecule has 0 bridgehead atoms. The molecule has 3 aromatic rings. The molecule has 2 heterocycles. The number of carboxylic acid groups (broad SMARTS) is 1. The van der Waals surface area contributed by atoms with Crippen molar-refractivity contribution in [1.82, 2.24) is 5.32 Å². The molecule has 0 fully saturated rings. The van der Waals surface area contributed by atoms with Crippen molar-refractivity contribution in [2.45, 2.75) is 33.6 Å². The van der Waals surface area contributed by atoms with Gasteiger partial charge in [-0.3, -0.25) is 4.79 Å². The summed E-state index contributed by atoms with van der Waals surface area (Å²) in [6, 6.07) is 14.2. The van der Waals surface area contributed by atoms with E-state index in [0.717, 1.165) is 0 Å². The third-order valence-corrected chi connectivity index (χ3v) is 6.40. The average molecular weight is 504 g/mol. The van der Waals surface area contributed by atoms with E-state index in [4.69, 9.17) is 13.9 Å². The van der Waals surface area contributed by atoms with Gasteiger partial charge in [-0.05, 0) is 33.8 Å². The number of hydrogen-bond donors (Lipinski definition) is 2. The summed E-state index contributed by atoms with van der Waals surface area (Å²) >= 11 is 0. The summed E-state index contributed by atoms with van der Waals surface area (Å²) in [5.74, 6) is -2.51. The molecule has 2 N–H and O–H groups in total. The number of esters is 1. The normalized spacial score (nSPS) is 15.6. The Morgan fingerprint density at radius 2 is 1.68 bits per heavy atom. The van der Waals surface area contributed by atoms with Gasteiger partial charge in [-0.25, -0.2) is 9.59 Å². The summed E-state index contributed by atoms with van der Waals surface area (Å²) in [5, 5.41) is 13.5. The molecule has 1 unspecified atom stereocenters. The topological polar surface area (TPSA) is 115 Å². The molecular weight excluding hydrogens is 474 g/mol. The Morgan fingerprint density at radius 3 is 2.35 bits per heavy atom. The van der Waals surface area contributed by atoms with Crippen LogP contribution in [0.5, 0.6) is 0 Å². The third-order valence-electron chi connectivity index (χ3n) is 6.40. The highest BCUT2D eigenvalue weighted by atomic mass is 16.6. The van der Waals surface area contributed by atoms with E-state index in [1.54, 1.807) is 39.0 Å². The minimum atomic E-state index is -1.20. The van der Waals surface area contributed by atoms with E-state index in [-0.39, 0.29) is 35.4 Å². The van der Waals surface area contributed by atoms with E-state index < -0.39 is 17.9 Å². The van der Waals surface area contributed by atoms with E-state index in [1.807, 2.05) is 37.3 Å². The van der Waals surface area contributed by atoms with E-state index in [2.05, 4.69) is 5.32 Å². The highest BCUT2D eigenvalue weighted by molar-refractivity contribution is 6.01.